The molecule has 2 aromatic carbocycles. The van der Waals surface area contributed by atoms with Gasteiger partial charge < -0.3 is 4.74 Å². The molecule has 0 aromatic heterocycles. The largest absolute Gasteiger partial charge is 0.573 e. The second kappa shape index (κ2) is 9.94. The van der Waals surface area contributed by atoms with E-state index in [1.54, 1.807) is 0 Å². The van der Waals surface area contributed by atoms with Crippen molar-refractivity contribution >= 4 is 8.80 Å². The van der Waals surface area contributed by atoms with E-state index in [4.69, 9.17) is 0 Å². The Bertz CT molecular complexity index is 844. The third kappa shape index (κ3) is 6.06. The number of unbranched alkanes of at least 4 members (excludes halogenated alkanes) is 2. The van der Waals surface area contributed by atoms with Gasteiger partial charge in [-0.1, -0.05) is 56.5 Å². The normalized spacial score (nSPS) is 19.7. The Hall–Kier alpha value is -1.89. The molecule has 1 aliphatic heterocycles. The highest BCUT2D eigenvalue weighted by atomic mass is 28.3. The zero-order valence-corrected chi connectivity index (χ0v) is 18.2. The lowest BCUT2D eigenvalue weighted by atomic mass is 9.91. The Morgan fingerprint density at radius 2 is 1.57 bits per heavy atom. The van der Waals surface area contributed by atoms with Gasteiger partial charge in [0, 0.05) is 26.0 Å². The molecule has 0 saturated carbocycles. The summed E-state index contributed by atoms with van der Waals surface area (Å²) < 4.78 is 69.6. The molecule has 0 radical (unpaired) electrons. The molecule has 0 aliphatic carbocycles. The molecule has 0 N–H and O–H groups in total. The first kappa shape index (κ1) is 22.8. The molecule has 0 amide bonds. The number of halogens is 5. The minimum atomic E-state index is -4.90. The Kier molecular flexibility index (Phi) is 7.55. The van der Waals surface area contributed by atoms with Crippen LogP contribution in [0.1, 0.15) is 50.5 Å². The van der Waals surface area contributed by atoms with Gasteiger partial charge in [0.25, 0.3) is 0 Å². The van der Waals surface area contributed by atoms with Crippen LogP contribution in [0.4, 0.5) is 22.0 Å². The van der Waals surface area contributed by atoms with Crippen LogP contribution in [0, 0.1) is 11.6 Å². The summed E-state index contributed by atoms with van der Waals surface area (Å²) in [7, 11) is -0.654. The Morgan fingerprint density at radius 1 is 0.933 bits per heavy atom. The van der Waals surface area contributed by atoms with E-state index in [0.717, 1.165) is 30.5 Å². The van der Waals surface area contributed by atoms with Crippen molar-refractivity contribution in [3.05, 3.63) is 53.6 Å². The maximum Gasteiger partial charge on any atom is 0.573 e. The van der Waals surface area contributed by atoms with E-state index in [0.29, 0.717) is 12.0 Å². The number of ether oxygens (including phenoxy) is 1. The van der Waals surface area contributed by atoms with E-state index < -0.39 is 32.5 Å². The molecular formula is C23H27F5OSi. The fourth-order valence-corrected chi connectivity index (χ4v) is 7.86. The van der Waals surface area contributed by atoms with Gasteiger partial charge in [0.2, 0.25) is 0 Å². The van der Waals surface area contributed by atoms with Gasteiger partial charge in [-0.15, -0.1) is 13.2 Å². The second-order valence-electron chi connectivity index (χ2n) is 8.14. The molecule has 2 aromatic rings. The standard InChI is InChI=1S/C23H27F5OSi/c1-2-3-4-11-30-12-9-16(10-13-30)17-5-7-19(21(24)14-17)20-8-6-18(15-22(20)25)29-23(26,27)28/h5-8,14-16,30H,2-4,9-13H2,1H3/t16-,30-. The first-order valence-electron chi connectivity index (χ1n) is 10.6. The van der Waals surface area contributed by atoms with Crippen molar-refractivity contribution in [2.75, 3.05) is 0 Å². The predicted molar refractivity (Wildman–Crippen MR) is 112 cm³/mol. The van der Waals surface area contributed by atoms with Gasteiger partial charge in [0.05, 0.1) is 0 Å². The quantitative estimate of drug-likeness (QED) is 0.241. The fourth-order valence-electron chi connectivity index (χ4n) is 4.38. The zero-order valence-electron chi connectivity index (χ0n) is 17.1. The molecular weight excluding hydrogens is 415 g/mol. The van der Waals surface area contributed by atoms with E-state index in [1.807, 2.05) is 6.07 Å². The lowest BCUT2D eigenvalue weighted by Gasteiger charge is -2.28. The van der Waals surface area contributed by atoms with Crippen molar-refractivity contribution < 1.29 is 26.7 Å². The highest BCUT2D eigenvalue weighted by Crippen LogP contribution is 2.37. The summed E-state index contributed by atoms with van der Waals surface area (Å²) in [4.78, 5) is 0. The van der Waals surface area contributed by atoms with Crippen LogP contribution in [0.5, 0.6) is 5.75 Å². The molecule has 1 fully saturated rings. The summed E-state index contributed by atoms with van der Waals surface area (Å²) in [5, 5.41) is 0. The maximum absolute atomic E-state index is 14.8. The van der Waals surface area contributed by atoms with E-state index in [1.165, 1.54) is 49.5 Å². The van der Waals surface area contributed by atoms with Crippen molar-refractivity contribution in [2.24, 2.45) is 0 Å². The van der Waals surface area contributed by atoms with Crippen LogP contribution in [0.15, 0.2) is 36.4 Å². The molecule has 0 spiro atoms. The molecule has 1 heterocycles. The van der Waals surface area contributed by atoms with Crippen LogP contribution in [-0.4, -0.2) is 15.2 Å². The predicted octanol–water partition coefficient (Wildman–Crippen LogP) is 7.83. The average Bonchev–Trinajstić information content (AvgIpc) is 2.68. The van der Waals surface area contributed by atoms with Gasteiger partial charge in [0.15, 0.2) is 0 Å². The Morgan fingerprint density at radius 3 is 2.13 bits per heavy atom. The molecule has 0 unspecified atom stereocenters. The van der Waals surface area contributed by atoms with E-state index in [9.17, 15) is 22.0 Å². The van der Waals surface area contributed by atoms with Gasteiger partial charge in [-0.25, -0.2) is 8.78 Å². The third-order valence-electron chi connectivity index (χ3n) is 5.99. The number of benzene rings is 2. The van der Waals surface area contributed by atoms with Crippen molar-refractivity contribution in [3.63, 3.8) is 0 Å². The fraction of sp³-hybridized carbons (Fsp3) is 0.478. The third-order valence-corrected chi connectivity index (χ3v) is 9.52. The molecule has 164 valence electrons. The SMILES string of the molecule is CCCCC[Si@H]1CC[C@H](c2ccc(-c3ccc(OC(F)(F)F)cc3F)c(F)c2)CC1. The van der Waals surface area contributed by atoms with Crippen molar-refractivity contribution in [1.82, 2.24) is 0 Å². The summed E-state index contributed by atoms with van der Waals surface area (Å²) in [6.45, 7) is 2.22. The smallest absolute Gasteiger partial charge is 0.406 e. The van der Waals surface area contributed by atoms with Gasteiger partial charge >= 0.3 is 6.36 Å². The summed E-state index contributed by atoms with van der Waals surface area (Å²) >= 11 is 0. The zero-order chi connectivity index (χ0) is 21.7. The van der Waals surface area contributed by atoms with Gasteiger partial charge in [-0.05, 0) is 42.5 Å². The van der Waals surface area contributed by atoms with Crippen molar-refractivity contribution in [3.8, 4) is 16.9 Å². The minimum Gasteiger partial charge on any atom is -0.406 e. The van der Waals surface area contributed by atoms with Crippen LogP contribution in [0.3, 0.4) is 0 Å². The maximum atomic E-state index is 14.8. The van der Waals surface area contributed by atoms with Crippen LogP contribution >= 0.6 is 0 Å². The number of hydrogen-bond donors (Lipinski definition) is 0. The minimum absolute atomic E-state index is 0.0393. The van der Waals surface area contributed by atoms with Gasteiger partial charge in [-0.2, -0.15) is 0 Å². The molecule has 30 heavy (non-hydrogen) atoms. The van der Waals surface area contributed by atoms with E-state index >= 15 is 0 Å². The highest BCUT2D eigenvalue weighted by Gasteiger charge is 2.31. The van der Waals surface area contributed by atoms with Crippen molar-refractivity contribution in [2.45, 2.75) is 69.4 Å². The van der Waals surface area contributed by atoms with Crippen LogP contribution < -0.4 is 4.74 Å². The van der Waals surface area contributed by atoms with Crippen molar-refractivity contribution in [1.29, 1.82) is 0 Å². The Balaban J connectivity index is 1.67. The summed E-state index contributed by atoms with van der Waals surface area (Å²) in [5.74, 6) is -1.85. The number of rotatable bonds is 7. The highest BCUT2D eigenvalue weighted by molar-refractivity contribution is 6.59. The lowest BCUT2D eigenvalue weighted by Crippen LogP contribution is -2.20. The average molecular weight is 443 g/mol. The van der Waals surface area contributed by atoms with Gasteiger partial charge in [-0.3, -0.25) is 0 Å². The first-order chi connectivity index (χ1) is 14.3. The summed E-state index contributed by atoms with van der Waals surface area (Å²) in [5.41, 5.74) is 0.882. The molecule has 7 heteroatoms. The molecule has 0 atom stereocenters. The Labute approximate surface area is 175 Å². The molecule has 1 nitrogen and oxygen atoms in total. The van der Waals surface area contributed by atoms with Crippen LogP contribution in [-0.2, 0) is 0 Å². The molecule has 1 aliphatic rings. The molecule has 1 saturated heterocycles. The molecule has 0 bridgehead atoms. The topological polar surface area (TPSA) is 9.23 Å². The summed E-state index contributed by atoms with van der Waals surface area (Å²) in [6, 6.07) is 11.5. The van der Waals surface area contributed by atoms with Crippen LogP contribution in [0.2, 0.25) is 18.1 Å². The number of alkyl halides is 3. The number of hydrogen-bond acceptors (Lipinski definition) is 1. The van der Waals surface area contributed by atoms with E-state index in [-0.39, 0.29) is 11.1 Å². The first-order valence-corrected chi connectivity index (χ1v) is 13.1. The van der Waals surface area contributed by atoms with Gasteiger partial charge in [0.1, 0.15) is 17.4 Å². The lowest BCUT2D eigenvalue weighted by molar-refractivity contribution is -0.274. The summed E-state index contributed by atoms with van der Waals surface area (Å²) in [6.07, 6.45) is 1.14. The molecule has 3 rings (SSSR count). The second-order valence-corrected chi connectivity index (χ2v) is 11.6. The monoisotopic (exact) mass is 442 g/mol. The van der Waals surface area contributed by atoms with E-state index in [2.05, 4.69) is 11.7 Å². The van der Waals surface area contributed by atoms with Crippen LogP contribution in [0.25, 0.3) is 11.1 Å².